The van der Waals surface area contributed by atoms with Crippen molar-refractivity contribution in [2.45, 2.75) is 6.18 Å². The Balaban J connectivity index is 2.73. The van der Waals surface area contributed by atoms with E-state index in [1.165, 1.54) is 18.2 Å². The molecule has 0 aliphatic carbocycles. The van der Waals surface area contributed by atoms with Crippen molar-refractivity contribution in [3.63, 3.8) is 0 Å². The van der Waals surface area contributed by atoms with Gasteiger partial charge >= 0.3 is 6.18 Å². The number of thioether (sulfide) groups is 1. The van der Waals surface area contributed by atoms with E-state index in [1.54, 1.807) is 0 Å². The molecule has 0 aliphatic rings. The van der Waals surface area contributed by atoms with Crippen molar-refractivity contribution in [1.29, 1.82) is 5.26 Å². The van der Waals surface area contributed by atoms with Crippen molar-refractivity contribution < 1.29 is 18.0 Å². The largest absolute Gasteiger partial charge is 0.418 e. The van der Waals surface area contributed by atoms with Gasteiger partial charge in [0.1, 0.15) is 0 Å². The van der Waals surface area contributed by atoms with Crippen LogP contribution in [-0.2, 0) is 11.0 Å². The first-order valence-corrected chi connectivity index (χ1v) is 6.01. The standard InChI is InChI=1S/C11H9F3N2OS/c12-11(13,14)8-3-1-2-4-9(8)16-10(17)7-18-6-5-15/h1-4H,6-7H2,(H,16,17). The van der Waals surface area contributed by atoms with E-state index >= 15 is 0 Å². The molecule has 3 nitrogen and oxygen atoms in total. The fourth-order valence-electron chi connectivity index (χ4n) is 1.21. The molecule has 0 bridgehead atoms. The molecule has 0 atom stereocenters. The first-order valence-electron chi connectivity index (χ1n) is 4.86. The number of rotatable bonds is 4. The van der Waals surface area contributed by atoms with E-state index in [0.29, 0.717) is 0 Å². The zero-order valence-electron chi connectivity index (χ0n) is 9.12. The Hall–Kier alpha value is -1.68. The molecule has 18 heavy (non-hydrogen) atoms. The average Bonchev–Trinajstić information content (AvgIpc) is 2.28. The van der Waals surface area contributed by atoms with Gasteiger partial charge in [-0.05, 0) is 12.1 Å². The molecule has 0 heterocycles. The Labute approximate surface area is 106 Å². The number of nitrogens with zero attached hydrogens (tertiary/aromatic N) is 1. The van der Waals surface area contributed by atoms with Gasteiger partial charge in [0.25, 0.3) is 0 Å². The molecule has 1 rings (SSSR count). The molecular formula is C11H9F3N2OS. The highest BCUT2D eigenvalue weighted by atomic mass is 32.2. The number of carbonyl (C=O) groups is 1. The van der Waals surface area contributed by atoms with Gasteiger partial charge in [0.2, 0.25) is 5.91 Å². The van der Waals surface area contributed by atoms with Crippen molar-refractivity contribution >= 4 is 23.4 Å². The van der Waals surface area contributed by atoms with Crippen LogP contribution in [0.15, 0.2) is 24.3 Å². The molecule has 96 valence electrons. The third kappa shape index (κ3) is 4.30. The first-order chi connectivity index (χ1) is 8.45. The summed E-state index contributed by atoms with van der Waals surface area (Å²) in [6.07, 6.45) is -4.51. The van der Waals surface area contributed by atoms with Crippen LogP contribution in [0.1, 0.15) is 5.56 Å². The Bertz CT molecular complexity index is 468. The maximum absolute atomic E-state index is 12.6. The summed E-state index contributed by atoms with van der Waals surface area (Å²) < 4.78 is 37.8. The number of hydrogen-bond acceptors (Lipinski definition) is 3. The molecule has 0 fully saturated rings. The van der Waals surface area contributed by atoms with Gasteiger partial charge in [-0.25, -0.2) is 0 Å². The van der Waals surface area contributed by atoms with E-state index in [2.05, 4.69) is 5.32 Å². The van der Waals surface area contributed by atoms with Gasteiger partial charge in [-0.3, -0.25) is 4.79 Å². The lowest BCUT2D eigenvalue weighted by molar-refractivity contribution is -0.137. The molecule has 0 unspecified atom stereocenters. The Morgan fingerprint density at radius 3 is 2.67 bits per heavy atom. The first kappa shape index (κ1) is 14.4. The highest BCUT2D eigenvalue weighted by molar-refractivity contribution is 8.00. The molecule has 7 heteroatoms. The molecule has 1 aromatic carbocycles. The lowest BCUT2D eigenvalue weighted by Gasteiger charge is -2.13. The monoisotopic (exact) mass is 274 g/mol. The molecule has 0 aliphatic heterocycles. The van der Waals surface area contributed by atoms with Crippen LogP contribution in [0.2, 0.25) is 0 Å². The number of hydrogen-bond donors (Lipinski definition) is 1. The number of nitriles is 1. The Morgan fingerprint density at radius 1 is 1.39 bits per heavy atom. The van der Waals surface area contributed by atoms with Crippen molar-refractivity contribution in [2.24, 2.45) is 0 Å². The highest BCUT2D eigenvalue weighted by Crippen LogP contribution is 2.34. The van der Waals surface area contributed by atoms with Crippen molar-refractivity contribution in [3.05, 3.63) is 29.8 Å². The van der Waals surface area contributed by atoms with E-state index < -0.39 is 17.6 Å². The molecule has 1 amide bonds. The predicted molar refractivity (Wildman–Crippen MR) is 63.0 cm³/mol. The van der Waals surface area contributed by atoms with Crippen LogP contribution in [0.4, 0.5) is 18.9 Å². The number of benzene rings is 1. The molecule has 0 saturated heterocycles. The fourth-order valence-corrected chi connectivity index (χ4v) is 1.67. The number of halogens is 3. The van der Waals surface area contributed by atoms with Crippen molar-refractivity contribution in [3.8, 4) is 6.07 Å². The lowest BCUT2D eigenvalue weighted by Crippen LogP contribution is -2.18. The summed E-state index contributed by atoms with van der Waals surface area (Å²) in [4.78, 5) is 11.4. The van der Waals surface area contributed by atoms with Crippen LogP contribution in [0.25, 0.3) is 0 Å². The highest BCUT2D eigenvalue weighted by Gasteiger charge is 2.33. The quantitative estimate of drug-likeness (QED) is 0.859. The van der Waals surface area contributed by atoms with Gasteiger partial charge in [-0.2, -0.15) is 18.4 Å². The molecule has 0 radical (unpaired) electrons. The van der Waals surface area contributed by atoms with E-state index in [-0.39, 0.29) is 17.2 Å². The van der Waals surface area contributed by atoms with E-state index in [1.807, 2.05) is 6.07 Å². The minimum absolute atomic E-state index is 0.0558. The maximum Gasteiger partial charge on any atom is 0.418 e. The number of para-hydroxylation sites is 1. The fraction of sp³-hybridized carbons (Fsp3) is 0.273. The van der Waals surface area contributed by atoms with Gasteiger partial charge in [0, 0.05) is 0 Å². The van der Waals surface area contributed by atoms with E-state index in [4.69, 9.17) is 5.26 Å². The molecule has 0 spiro atoms. The summed E-state index contributed by atoms with van der Waals surface area (Å²) in [6, 6.07) is 6.58. The summed E-state index contributed by atoms with van der Waals surface area (Å²) in [6.45, 7) is 0. The van der Waals surface area contributed by atoms with Gasteiger partial charge in [-0.15, -0.1) is 11.8 Å². The summed E-state index contributed by atoms with van der Waals surface area (Å²) in [5, 5.41) is 10.5. The summed E-state index contributed by atoms with van der Waals surface area (Å²) in [7, 11) is 0. The number of amides is 1. The second-order valence-corrected chi connectivity index (χ2v) is 4.23. The number of nitrogens with one attached hydrogen (secondary N) is 1. The van der Waals surface area contributed by atoms with E-state index in [0.717, 1.165) is 17.8 Å². The summed E-state index contributed by atoms with van der Waals surface area (Å²) in [5.74, 6) is -0.499. The normalized spacial score (nSPS) is 10.8. The maximum atomic E-state index is 12.6. The summed E-state index contributed by atoms with van der Waals surface area (Å²) in [5.41, 5.74) is -1.16. The Kier molecular flexibility index (Phi) is 5.04. The van der Waals surface area contributed by atoms with Gasteiger partial charge in [-0.1, -0.05) is 12.1 Å². The van der Waals surface area contributed by atoms with Crippen LogP contribution >= 0.6 is 11.8 Å². The van der Waals surface area contributed by atoms with Crippen LogP contribution in [0.5, 0.6) is 0 Å². The van der Waals surface area contributed by atoms with Gasteiger partial charge in [0.05, 0.1) is 28.8 Å². The van der Waals surface area contributed by atoms with E-state index in [9.17, 15) is 18.0 Å². The van der Waals surface area contributed by atoms with Crippen LogP contribution < -0.4 is 5.32 Å². The second kappa shape index (κ2) is 6.31. The van der Waals surface area contributed by atoms with Gasteiger partial charge < -0.3 is 5.32 Å². The average molecular weight is 274 g/mol. The Morgan fingerprint density at radius 2 is 2.06 bits per heavy atom. The second-order valence-electron chi connectivity index (χ2n) is 3.24. The number of alkyl halides is 3. The van der Waals surface area contributed by atoms with Crippen LogP contribution in [0.3, 0.4) is 0 Å². The molecule has 1 aromatic rings. The summed E-state index contributed by atoms with van der Waals surface area (Å²) >= 11 is 1.04. The third-order valence-electron chi connectivity index (χ3n) is 1.91. The smallest absolute Gasteiger partial charge is 0.325 e. The van der Waals surface area contributed by atoms with Gasteiger partial charge in [0.15, 0.2) is 0 Å². The minimum Gasteiger partial charge on any atom is -0.325 e. The number of anilines is 1. The SMILES string of the molecule is N#CCSCC(=O)Nc1ccccc1C(F)(F)F. The third-order valence-corrected chi connectivity index (χ3v) is 2.71. The zero-order valence-corrected chi connectivity index (χ0v) is 9.94. The predicted octanol–water partition coefficient (Wildman–Crippen LogP) is 2.90. The molecule has 1 N–H and O–H groups in total. The van der Waals surface area contributed by atoms with Crippen LogP contribution in [0, 0.1) is 11.3 Å². The molecular weight excluding hydrogens is 265 g/mol. The molecule has 0 aromatic heterocycles. The number of carbonyl (C=O) groups excluding carboxylic acids is 1. The topological polar surface area (TPSA) is 52.9 Å². The van der Waals surface area contributed by atoms with Crippen LogP contribution in [-0.4, -0.2) is 17.4 Å². The zero-order chi connectivity index (χ0) is 13.6. The van der Waals surface area contributed by atoms with Crippen molar-refractivity contribution in [2.75, 3.05) is 16.8 Å². The lowest BCUT2D eigenvalue weighted by atomic mass is 10.1. The minimum atomic E-state index is -4.51. The van der Waals surface area contributed by atoms with Crippen molar-refractivity contribution in [1.82, 2.24) is 0 Å². The molecule has 0 saturated carbocycles.